The van der Waals surface area contributed by atoms with Gasteiger partial charge >= 0.3 is 0 Å². The molecule has 1 aromatic carbocycles. The van der Waals surface area contributed by atoms with Gasteiger partial charge in [0.25, 0.3) is 5.91 Å². The summed E-state index contributed by atoms with van der Waals surface area (Å²) in [6.45, 7) is 0.154. The van der Waals surface area contributed by atoms with Crippen LogP contribution in [0.4, 0.5) is 0 Å². The van der Waals surface area contributed by atoms with E-state index in [2.05, 4.69) is 31.9 Å². The number of H-pyrrole nitrogens is 2. The van der Waals surface area contributed by atoms with Crippen LogP contribution in [0.1, 0.15) is 5.56 Å². The Morgan fingerprint density at radius 1 is 1.05 bits per heavy atom. The van der Waals surface area contributed by atoms with E-state index in [1.54, 1.807) is 0 Å². The number of fused-ring (bicyclic) bond motifs is 1. The lowest BCUT2D eigenvalue weighted by atomic mass is 10.1. The topological polar surface area (TPSA) is 85.1 Å². The lowest BCUT2D eigenvalue weighted by molar-refractivity contribution is -0.120. The van der Waals surface area contributed by atoms with E-state index in [9.17, 15) is 4.79 Å². The number of aromatic amines is 2. The molecule has 3 aromatic rings. The molecule has 4 rings (SSSR count). The molecule has 0 aliphatic carbocycles. The second-order valence-corrected chi connectivity index (χ2v) is 4.91. The van der Waals surface area contributed by atoms with Gasteiger partial charge in [0, 0.05) is 22.7 Å². The summed E-state index contributed by atoms with van der Waals surface area (Å²) < 4.78 is 0. The molecule has 0 atom stereocenters. The number of aliphatic imine (C=N–C) groups is 1. The van der Waals surface area contributed by atoms with Crippen LogP contribution in [-0.2, 0) is 4.79 Å². The molecule has 6 nitrogen and oxygen atoms in total. The van der Waals surface area contributed by atoms with Crippen molar-refractivity contribution in [3.8, 4) is 11.4 Å². The summed E-state index contributed by atoms with van der Waals surface area (Å²) in [7, 11) is 0. The fourth-order valence-electron chi connectivity index (χ4n) is 2.45. The summed E-state index contributed by atoms with van der Waals surface area (Å²) in [6, 6.07) is 12.1. The summed E-state index contributed by atoms with van der Waals surface area (Å²) in [6.07, 6.45) is 1.90. The fraction of sp³-hybridized carbons (Fsp3) is 0.0667. The number of carbonyl (C=O) groups is 1. The van der Waals surface area contributed by atoms with E-state index in [0.717, 1.165) is 27.9 Å². The maximum Gasteiger partial charge on any atom is 0.260 e. The molecule has 0 unspecified atom stereocenters. The van der Waals surface area contributed by atoms with Crippen LogP contribution in [0.5, 0.6) is 0 Å². The molecular weight excluding hydrogens is 266 g/mol. The van der Waals surface area contributed by atoms with Crippen molar-refractivity contribution < 1.29 is 4.79 Å². The molecule has 1 amide bonds. The number of amidine groups is 1. The van der Waals surface area contributed by atoms with Crippen LogP contribution in [0, 0.1) is 0 Å². The van der Waals surface area contributed by atoms with E-state index in [1.165, 1.54) is 0 Å². The number of benzene rings is 1. The zero-order valence-electron chi connectivity index (χ0n) is 11.1. The van der Waals surface area contributed by atoms with Crippen LogP contribution in [0.2, 0.25) is 0 Å². The molecule has 2 aromatic heterocycles. The van der Waals surface area contributed by atoms with Crippen molar-refractivity contribution in [2.75, 3.05) is 6.54 Å². The molecule has 0 saturated heterocycles. The molecule has 104 valence electrons. The quantitative estimate of drug-likeness (QED) is 0.573. The van der Waals surface area contributed by atoms with Gasteiger partial charge in [-0.3, -0.25) is 20.6 Å². The highest BCUT2D eigenvalue weighted by molar-refractivity contribution is 6.05. The van der Waals surface area contributed by atoms with Gasteiger partial charge in [-0.1, -0.05) is 0 Å². The highest BCUT2D eigenvalue weighted by Crippen LogP contribution is 2.23. The third kappa shape index (κ3) is 2.06. The maximum atomic E-state index is 11.1. The number of nitrogens with one attached hydrogen (secondary N) is 4. The monoisotopic (exact) mass is 279 g/mol. The number of hydrogen-bond donors (Lipinski definition) is 4. The van der Waals surface area contributed by atoms with E-state index in [1.807, 2.05) is 36.5 Å². The Balaban J connectivity index is 1.75. The zero-order chi connectivity index (χ0) is 14.2. The number of aromatic nitrogens is 2. The summed E-state index contributed by atoms with van der Waals surface area (Å²) >= 11 is 0. The summed E-state index contributed by atoms with van der Waals surface area (Å²) in [5, 5.41) is 1.10. The Morgan fingerprint density at radius 3 is 2.76 bits per heavy atom. The molecule has 6 heteroatoms. The normalized spacial score (nSPS) is 14.7. The van der Waals surface area contributed by atoms with Crippen LogP contribution < -0.4 is 10.9 Å². The van der Waals surface area contributed by atoms with Crippen molar-refractivity contribution in [2.45, 2.75) is 0 Å². The Kier molecular flexibility index (Phi) is 2.53. The molecule has 0 bridgehead atoms. The molecule has 0 radical (unpaired) electrons. The molecule has 1 aliphatic rings. The largest absolute Gasteiger partial charge is 0.360 e. The SMILES string of the molecule is O=C1CN=C(c2ccc3[nH]c(-c4ccc[nH]4)cc3c2)NN1. The molecular formula is C15H13N5O. The Labute approximate surface area is 120 Å². The lowest BCUT2D eigenvalue weighted by Gasteiger charge is -2.15. The predicted molar refractivity (Wildman–Crippen MR) is 80.8 cm³/mol. The van der Waals surface area contributed by atoms with Crippen molar-refractivity contribution >= 4 is 22.6 Å². The van der Waals surface area contributed by atoms with E-state index in [-0.39, 0.29) is 12.5 Å². The van der Waals surface area contributed by atoms with Gasteiger partial charge in [0.2, 0.25) is 0 Å². The second-order valence-electron chi connectivity index (χ2n) is 4.91. The van der Waals surface area contributed by atoms with Gasteiger partial charge in [-0.2, -0.15) is 0 Å². The summed E-state index contributed by atoms with van der Waals surface area (Å²) in [5.74, 6) is 0.551. The first-order valence-electron chi connectivity index (χ1n) is 6.66. The van der Waals surface area contributed by atoms with Gasteiger partial charge in [0.05, 0.1) is 11.4 Å². The number of hydrazine groups is 1. The zero-order valence-corrected chi connectivity index (χ0v) is 11.1. The predicted octanol–water partition coefficient (Wildman–Crippen LogP) is 1.54. The first-order valence-corrected chi connectivity index (χ1v) is 6.66. The minimum Gasteiger partial charge on any atom is -0.360 e. The van der Waals surface area contributed by atoms with Crippen molar-refractivity contribution in [3.63, 3.8) is 0 Å². The molecule has 21 heavy (non-hydrogen) atoms. The molecule has 0 fully saturated rings. The molecule has 1 aliphatic heterocycles. The Morgan fingerprint density at radius 2 is 2.00 bits per heavy atom. The number of hydrogen-bond acceptors (Lipinski definition) is 3. The van der Waals surface area contributed by atoms with Crippen molar-refractivity contribution in [1.82, 2.24) is 20.8 Å². The minimum atomic E-state index is -0.129. The third-order valence-corrected chi connectivity index (χ3v) is 3.48. The number of carbonyl (C=O) groups excluding carboxylic acids is 1. The first kappa shape index (κ1) is 11.8. The van der Waals surface area contributed by atoms with Crippen LogP contribution in [0.15, 0.2) is 47.6 Å². The lowest BCUT2D eigenvalue weighted by Crippen LogP contribution is -2.47. The van der Waals surface area contributed by atoms with Gasteiger partial charge in [0.1, 0.15) is 12.4 Å². The van der Waals surface area contributed by atoms with E-state index in [4.69, 9.17) is 0 Å². The summed E-state index contributed by atoms with van der Waals surface area (Å²) in [5.41, 5.74) is 9.49. The second kappa shape index (κ2) is 4.52. The number of rotatable bonds is 2. The Hall–Kier alpha value is -3.02. The summed E-state index contributed by atoms with van der Waals surface area (Å²) in [4.78, 5) is 21.9. The molecule has 4 N–H and O–H groups in total. The van der Waals surface area contributed by atoms with Gasteiger partial charge in [0.15, 0.2) is 0 Å². The fourth-order valence-corrected chi connectivity index (χ4v) is 2.45. The highest BCUT2D eigenvalue weighted by atomic mass is 16.2. The third-order valence-electron chi connectivity index (χ3n) is 3.48. The number of amides is 1. The van der Waals surface area contributed by atoms with Gasteiger partial charge in [-0.05, 0) is 36.4 Å². The maximum absolute atomic E-state index is 11.1. The van der Waals surface area contributed by atoms with Crippen molar-refractivity contribution in [1.29, 1.82) is 0 Å². The number of nitrogens with zero attached hydrogens (tertiary/aromatic N) is 1. The Bertz CT molecular complexity index is 844. The average molecular weight is 279 g/mol. The van der Waals surface area contributed by atoms with Crippen LogP contribution >= 0.6 is 0 Å². The standard InChI is InChI=1S/C15H13N5O/c21-14-8-17-15(20-19-14)9-3-4-11-10(6-9)7-13(18-11)12-2-1-5-16-12/h1-7,16,18H,8H2,(H,17,20)(H,19,21). The van der Waals surface area contributed by atoms with Gasteiger partial charge < -0.3 is 9.97 Å². The molecule has 0 spiro atoms. The van der Waals surface area contributed by atoms with Gasteiger partial charge in [-0.15, -0.1) is 0 Å². The molecule has 0 saturated carbocycles. The van der Waals surface area contributed by atoms with Crippen LogP contribution in [0.3, 0.4) is 0 Å². The highest BCUT2D eigenvalue weighted by Gasteiger charge is 2.12. The first-order chi connectivity index (χ1) is 10.3. The van der Waals surface area contributed by atoms with E-state index >= 15 is 0 Å². The van der Waals surface area contributed by atoms with Crippen molar-refractivity contribution in [3.05, 3.63) is 48.2 Å². The molecule has 3 heterocycles. The van der Waals surface area contributed by atoms with E-state index in [0.29, 0.717) is 5.84 Å². The van der Waals surface area contributed by atoms with Crippen LogP contribution in [0.25, 0.3) is 22.3 Å². The average Bonchev–Trinajstić information content (AvgIpc) is 3.16. The van der Waals surface area contributed by atoms with Crippen molar-refractivity contribution in [2.24, 2.45) is 4.99 Å². The van der Waals surface area contributed by atoms with E-state index < -0.39 is 0 Å². The smallest absolute Gasteiger partial charge is 0.260 e. The van der Waals surface area contributed by atoms with Gasteiger partial charge in [-0.25, -0.2) is 0 Å². The minimum absolute atomic E-state index is 0.129. The van der Waals surface area contributed by atoms with Crippen LogP contribution in [-0.4, -0.2) is 28.3 Å².